The van der Waals surface area contributed by atoms with Crippen LogP contribution >= 0.6 is 11.6 Å². The number of hydrogen-bond donors (Lipinski definition) is 1. The van der Waals surface area contributed by atoms with Crippen LogP contribution < -0.4 is 34.3 Å². The number of rotatable bonds is 5. The molecule has 0 aliphatic carbocycles. The number of nitrogens with one attached hydrogen (secondary N) is 1. The molecule has 0 aromatic carbocycles. The zero-order valence-corrected chi connectivity index (χ0v) is 19.1. The Morgan fingerprint density at radius 3 is 2.96 bits per heavy atom. The summed E-state index contributed by atoms with van der Waals surface area (Å²) < 4.78 is 24.0. The van der Waals surface area contributed by atoms with Gasteiger partial charge < -0.3 is 15.9 Å². The van der Waals surface area contributed by atoms with E-state index in [-0.39, 0.29) is 31.0 Å². The van der Waals surface area contributed by atoms with Gasteiger partial charge in [0.15, 0.2) is 5.65 Å². The fraction of sp³-hybridized carbons (Fsp3) is 0.353. The van der Waals surface area contributed by atoms with E-state index in [1.54, 1.807) is 18.3 Å². The van der Waals surface area contributed by atoms with E-state index in [0.717, 1.165) is 0 Å². The van der Waals surface area contributed by atoms with Crippen LogP contribution in [-0.4, -0.2) is 61.4 Å². The third-order valence-electron chi connectivity index (χ3n) is 4.25. The normalized spacial score (nSPS) is 19.7. The molecule has 8 nitrogen and oxygen atoms in total. The number of fused-ring (bicyclic) bond motifs is 1. The van der Waals surface area contributed by atoms with Crippen molar-refractivity contribution in [2.75, 3.05) is 26.9 Å². The van der Waals surface area contributed by atoms with Crippen LogP contribution in [0.2, 0.25) is 0 Å². The van der Waals surface area contributed by atoms with Crippen LogP contribution in [0.5, 0.6) is 5.88 Å². The molecule has 4 heterocycles. The van der Waals surface area contributed by atoms with Crippen LogP contribution in [0.3, 0.4) is 0 Å². The third kappa shape index (κ3) is 4.40. The number of hydrogen-bond acceptors (Lipinski definition) is 7. The Morgan fingerprint density at radius 2 is 2.25 bits per heavy atom. The molecule has 1 aliphatic rings. The third-order valence-corrected chi connectivity index (χ3v) is 6.12. The Kier molecular flexibility index (Phi) is 7.43. The number of imidazole rings is 1. The van der Waals surface area contributed by atoms with Gasteiger partial charge in [-0.25, -0.2) is 9.19 Å². The zero-order chi connectivity index (χ0) is 18.8. The van der Waals surface area contributed by atoms with Crippen LogP contribution in [0.4, 0.5) is 0 Å². The monoisotopic (exact) mass is 431 g/mol. The van der Waals surface area contributed by atoms with Crippen LogP contribution in [0.15, 0.2) is 41.7 Å². The van der Waals surface area contributed by atoms with E-state index >= 15 is 0 Å². The van der Waals surface area contributed by atoms with Crippen LogP contribution in [0, 0.1) is 0 Å². The van der Waals surface area contributed by atoms with Crippen molar-refractivity contribution in [2.24, 2.45) is 0 Å². The number of pyridine rings is 2. The molecule has 28 heavy (non-hydrogen) atoms. The standard InChI is InChI=1S/C17H18ClN5O3S.Na.H/c1-25-14-6-5-11-15(21-14)22-17(20-11)27(24)16(12-4-2-3-7-19-12)23-8-9-26-10-13(23)18;;/h2-7,13,16H,8-10H2,1H3,(H,20,21,22);;/q;+1;-1. The maximum absolute atomic E-state index is 13.5. The van der Waals surface area contributed by atoms with Crippen LogP contribution in [0.25, 0.3) is 11.2 Å². The molecule has 0 radical (unpaired) electrons. The second-order valence-corrected chi connectivity index (χ2v) is 7.85. The Hall–Kier alpha value is -1.07. The minimum absolute atomic E-state index is 0. The molecule has 3 aromatic heterocycles. The summed E-state index contributed by atoms with van der Waals surface area (Å²) in [5.41, 5.74) is 1.39. The van der Waals surface area contributed by atoms with Crippen molar-refractivity contribution in [3.63, 3.8) is 0 Å². The Bertz CT molecular complexity index is 967. The molecule has 11 heteroatoms. The molecule has 0 bridgehead atoms. The van der Waals surface area contributed by atoms with E-state index in [1.807, 2.05) is 23.1 Å². The van der Waals surface area contributed by atoms with E-state index in [0.29, 0.717) is 47.7 Å². The molecule has 1 N–H and O–H groups in total. The number of halogens is 1. The SMILES string of the molecule is COc1ccc2[nH]c(S(=O)C(c3ccccn3)N3CCOCC3Cl)nc2n1.[H-].[Na+]. The topological polar surface area (TPSA) is 93.2 Å². The van der Waals surface area contributed by atoms with E-state index in [2.05, 4.69) is 19.9 Å². The molecule has 3 atom stereocenters. The molecule has 3 unspecified atom stereocenters. The summed E-state index contributed by atoms with van der Waals surface area (Å²) in [7, 11) is -0.0180. The van der Waals surface area contributed by atoms with Gasteiger partial charge in [0.2, 0.25) is 11.0 Å². The predicted molar refractivity (Wildman–Crippen MR) is 102 cm³/mol. The van der Waals surface area contributed by atoms with Gasteiger partial charge in [-0.1, -0.05) is 6.07 Å². The summed E-state index contributed by atoms with van der Waals surface area (Å²) in [5.74, 6) is 0.446. The van der Waals surface area contributed by atoms with Crippen molar-refractivity contribution < 1.29 is 44.7 Å². The number of morpholine rings is 1. The molecule has 1 aliphatic heterocycles. The number of aromatic nitrogens is 4. The minimum atomic E-state index is -1.56. The maximum Gasteiger partial charge on any atom is 1.00 e. The Balaban J connectivity index is 0.00000150. The summed E-state index contributed by atoms with van der Waals surface area (Å²) in [5, 5.41) is -0.239. The average Bonchev–Trinajstić information content (AvgIpc) is 3.13. The second-order valence-electron chi connectivity index (χ2n) is 5.92. The van der Waals surface area contributed by atoms with Gasteiger partial charge in [-0.15, -0.1) is 11.6 Å². The fourth-order valence-corrected chi connectivity index (χ4v) is 4.76. The van der Waals surface area contributed by atoms with Gasteiger partial charge in [0.1, 0.15) is 21.7 Å². The van der Waals surface area contributed by atoms with Crippen molar-refractivity contribution in [1.29, 1.82) is 0 Å². The second kappa shape index (κ2) is 9.62. The van der Waals surface area contributed by atoms with Crippen molar-refractivity contribution in [3.8, 4) is 5.88 Å². The quantitative estimate of drug-likeness (QED) is 0.320. The number of ether oxygens (including phenoxy) is 2. The summed E-state index contributed by atoms with van der Waals surface area (Å²) in [4.78, 5) is 18.1. The predicted octanol–water partition coefficient (Wildman–Crippen LogP) is -0.818. The van der Waals surface area contributed by atoms with Crippen molar-refractivity contribution in [3.05, 3.63) is 42.2 Å². The summed E-state index contributed by atoms with van der Waals surface area (Å²) >= 11 is 6.46. The Labute approximate surface area is 193 Å². The first-order valence-corrected chi connectivity index (χ1v) is 10.0. The molecule has 0 saturated carbocycles. The summed E-state index contributed by atoms with van der Waals surface area (Å²) in [6.45, 7) is 1.43. The van der Waals surface area contributed by atoms with E-state index in [4.69, 9.17) is 21.1 Å². The Morgan fingerprint density at radius 1 is 1.39 bits per heavy atom. The van der Waals surface area contributed by atoms with Gasteiger partial charge in [0.05, 0.1) is 31.5 Å². The molecule has 1 saturated heterocycles. The van der Waals surface area contributed by atoms with Gasteiger partial charge in [0, 0.05) is 18.8 Å². The summed E-state index contributed by atoms with van der Waals surface area (Å²) in [6.07, 6.45) is 1.67. The maximum atomic E-state index is 13.5. The first-order chi connectivity index (χ1) is 13.2. The molecule has 3 aromatic rings. The zero-order valence-electron chi connectivity index (χ0n) is 16.5. The molecule has 0 spiro atoms. The molecule has 4 rings (SSSR count). The molecular formula is C17H19ClN5NaO3S. The van der Waals surface area contributed by atoms with Crippen molar-refractivity contribution in [2.45, 2.75) is 16.0 Å². The largest absolute Gasteiger partial charge is 1.00 e. The van der Waals surface area contributed by atoms with E-state index in [9.17, 15) is 4.21 Å². The van der Waals surface area contributed by atoms with Crippen LogP contribution in [-0.2, 0) is 15.5 Å². The molecule has 1 fully saturated rings. The fourth-order valence-electron chi connectivity index (χ4n) is 2.94. The first kappa shape index (κ1) is 21.6. The number of methoxy groups -OCH3 is 1. The van der Waals surface area contributed by atoms with Crippen molar-refractivity contribution in [1.82, 2.24) is 24.8 Å². The van der Waals surface area contributed by atoms with Gasteiger partial charge in [-0.2, -0.15) is 4.98 Å². The molecule has 144 valence electrons. The average molecular weight is 432 g/mol. The van der Waals surface area contributed by atoms with Gasteiger partial charge in [0.25, 0.3) is 0 Å². The number of aromatic amines is 1. The minimum Gasteiger partial charge on any atom is -1.00 e. The van der Waals surface area contributed by atoms with E-state index < -0.39 is 21.7 Å². The smallest absolute Gasteiger partial charge is 1.00 e. The summed E-state index contributed by atoms with van der Waals surface area (Å²) in [6, 6.07) is 9.04. The molecular weight excluding hydrogens is 413 g/mol. The van der Waals surface area contributed by atoms with Gasteiger partial charge in [-0.05, 0) is 18.2 Å². The molecule has 0 amide bonds. The number of alkyl halides is 1. The van der Waals surface area contributed by atoms with E-state index in [1.165, 1.54) is 7.11 Å². The van der Waals surface area contributed by atoms with Gasteiger partial charge in [-0.3, -0.25) is 9.88 Å². The van der Waals surface area contributed by atoms with Gasteiger partial charge >= 0.3 is 29.6 Å². The number of nitrogens with zero attached hydrogens (tertiary/aromatic N) is 4. The van der Waals surface area contributed by atoms with Crippen LogP contribution in [0.1, 0.15) is 12.5 Å². The number of H-pyrrole nitrogens is 1. The van der Waals surface area contributed by atoms with Crippen molar-refractivity contribution >= 4 is 33.6 Å². The first-order valence-electron chi connectivity index (χ1n) is 8.37.